The molecule has 0 unspecified atom stereocenters. The Balaban J connectivity index is 1.14. The lowest BCUT2D eigenvalue weighted by Crippen LogP contribution is -2.57. The van der Waals surface area contributed by atoms with E-state index in [1.165, 1.54) is 12.1 Å². The third kappa shape index (κ3) is 3.94. The molecule has 1 heterocycles. The van der Waals surface area contributed by atoms with Gasteiger partial charge in [-0.3, -0.25) is 9.69 Å². The van der Waals surface area contributed by atoms with E-state index in [-0.39, 0.29) is 12.1 Å². The van der Waals surface area contributed by atoms with Gasteiger partial charge in [-0.1, -0.05) is 39.0 Å². The van der Waals surface area contributed by atoms with Crippen molar-refractivity contribution in [2.24, 2.45) is 23.2 Å². The first kappa shape index (κ1) is 19.8. The summed E-state index contributed by atoms with van der Waals surface area (Å²) >= 11 is 0. The molecule has 0 spiro atoms. The Kier molecular flexibility index (Phi) is 5.69. The number of hydrogen-bond acceptors (Lipinski definition) is 4. The summed E-state index contributed by atoms with van der Waals surface area (Å²) in [6.45, 7) is 12.3. The van der Waals surface area contributed by atoms with Gasteiger partial charge in [-0.15, -0.1) is 0 Å². The summed E-state index contributed by atoms with van der Waals surface area (Å²) in [5.41, 5.74) is 1.76. The van der Waals surface area contributed by atoms with Crippen molar-refractivity contribution in [1.82, 2.24) is 4.90 Å². The third-order valence-corrected chi connectivity index (χ3v) is 7.92. The zero-order valence-electron chi connectivity index (χ0n) is 17.8. The van der Waals surface area contributed by atoms with Crippen molar-refractivity contribution in [3.63, 3.8) is 0 Å². The van der Waals surface area contributed by atoms with Gasteiger partial charge in [-0.05, 0) is 61.1 Å². The van der Waals surface area contributed by atoms with Gasteiger partial charge in [0.1, 0.15) is 6.10 Å². The number of esters is 1. The predicted octanol–water partition coefficient (Wildman–Crippen LogP) is 4.20. The number of ether oxygens (including phenoxy) is 1. The molecule has 28 heavy (non-hydrogen) atoms. The Morgan fingerprint density at radius 3 is 2.46 bits per heavy atom. The molecule has 2 bridgehead atoms. The van der Waals surface area contributed by atoms with Crippen molar-refractivity contribution in [2.75, 3.05) is 37.6 Å². The highest BCUT2D eigenvalue weighted by Gasteiger charge is 2.57. The van der Waals surface area contributed by atoms with Gasteiger partial charge in [0.15, 0.2) is 0 Å². The predicted molar refractivity (Wildman–Crippen MR) is 113 cm³/mol. The standard InChI is InChI=1S/C24H36N2O2/c1-18-21-16-19(24(21,2)3)17-22(18)28-23(27)10-7-11-25-12-14-26(15-13-25)20-8-5-4-6-9-20/h4-6,8-9,18-19,21-22H,7,10-17H2,1-3H3/t18-,19+,21-,22-/m1/s1. The van der Waals surface area contributed by atoms with Crippen molar-refractivity contribution >= 4 is 11.7 Å². The lowest BCUT2D eigenvalue weighted by Gasteiger charge is -2.61. The summed E-state index contributed by atoms with van der Waals surface area (Å²) in [6.07, 6.45) is 4.01. The van der Waals surface area contributed by atoms with Crippen molar-refractivity contribution < 1.29 is 9.53 Å². The largest absolute Gasteiger partial charge is 0.462 e. The van der Waals surface area contributed by atoms with E-state index < -0.39 is 0 Å². The molecule has 5 rings (SSSR count). The van der Waals surface area contributed by atoms with Crippen molar-refractivity contribution in [3.05, 3.63) is 30.3 Å². The molecule has 1 aromatic rings. The SMILES string of the molecule is C[C@@H]1[C@H]2C[C@@H](C[C@H]1OC(=O)CCCN1CCN(c3ccccc3)CC1)C2(C)C. The van der Waals surface area contributed by atoms with Crippen LogP contribution >= 0.6 is 0 Å². The van der Waals surface area contributed by atoms with Crippen LogP contribution in [0.4, 0.5) is 5.69 Å². The van der Waals surface area contributed by atoms with Gasteiger partial charge >= 0.3 is 5.97 Å². The van der Waals surface area contributed by atoms with Gasteiger partial charge < -0.3 is 9.64 Å². The molecule has 154 valence electrons. The number of benzene rings is 1. The average Bonchev–Trinajstić information content (AvgIpc) is 2.70. The molecule has 1 saturated heterocycles. The Hall–Kier alpha value is -1.55. The zero-order chi connectivity index (χ0) is 19.7. The highest BCUT2D eigenvalue weighted by atomic mass is 16.5. The molecule has 4 fully saturated rings. The molecule has 0 amide bonds. The second-order valence-electron chi connectivity index (χ2n) is 9.75. The van der Waals surface area contributed by atoms with Crippen LogP contribution in [0, 0.1) is 23.2 Å². The Morgan fingerprint density at radius 2 is 1.82 bits per heavy atom. The molecule has 0 aromatic heterocycles. The minimum absolute atomic E-state index is 0.0128. The van der Waals surface area contributed by atoms with Crippen LogP contribution in [0.3, 0.4) is 0 Å². The molecule has 4 atom stereocenters. The van der Waals surface area contributed by atoms with E-state index in [9.17, 15) is 4.79 Å². The summed E-state index contributed by atoms with van der Waals surface area (Å²) in [7, 11) is 0. The Morgan fingerprint density at radius 1 is 1.11 bits per heavy atom. The number of hydrogen-bond donors (Lipinski definition) is 0. The van der Waals surface area contributed by atoms with E-state index in [1.807, 2.05) is 0 Å². The van der Waals surface area contributed by atoms with Gasteiger partial charge in [0.05, 0.1) is 0 Å². The minimum atomic E-state index is 0.0128. The Bertz CT molecular complexity index is 666. The number of carbonyl (C=O) groups is 1. The molecular weight excluding hydrogens is 348 g/mol. The van der Waals surface area contributed by atoms with Crippen LogP contribution in [0.5, 0.6) is 0 Å². The van der Waals surface area contributed by atoms with Crippen molar-refractivity contribution in [1.29, 1.82) is 0 Å². The van der Waals surface area contributed by atoms with Crippen LogP contribution in [0.15, 0.2) is 30.3 Å². The fourth-order valence-corrected chi connectivity index (χ4v) is 5.80. The van der Waals surface area contributed by atoms with Crippen molar-refractivity contribution in [3.8, 4) is 0 Å². The summed E-state index contributed by atoms with van der Waals surface area (Å²) in [5.74, 6) is 1.99. The number of carbonyl (C=O) groups excluding carboxylic acids is 1. The molecule has 4 nitrogen and oxygen atoms in total. The number of para-hydroxylation sites is 1. The quantitative estimate of drug-likeness (QED) is 0.688. The first-order valence-corrected chi connectivity index (χ1v) is 11.2. The molecule has 3 saturated carbocycles. The topological polar surface area (TPSA) is 32.8 Å². The average molecular weight is 385 g/mol. The van der Waals surface area contributed by atoms with Gasteiger partial charge in [0.25, 0.3) is 0 Å². The molecule has 3 aliphatic carbocycles. The van der Waals surface area contributed by atoms with Gasteiger partial charge in [0, 0.05) is 38.3 Å². The number of rotatable bonds is 6. The maximum Gasteiger partial charge on any atom is 0.306 e. The molecule has 1 aromatic carbocycles. The summed E-state index contributed by atoms with van der Waals surface area (Å²) in [5, 5.41) is 0. The molecule has 0 radical (unpaired) electrons. The number of fused-ring (bicyclic) bond motifs is 2. The lowest BCUT2D eigenvalue weighted by molar-refractivity contribution is -0.186. The van der Waals surface area contributed by atoms with Crippen LogP contribution in [-0.4, -0.2) is 49.7 Å². The number of nitrogens with zero attached hydrogens (tertiary/aromatic N) is 2. The summed E-state index contributed by atoms with van der Waals surface area (Å²) < 4.78 is 5.90. The number of anilines is 1. The molecule has 0 N–H and O–H groups in total. The van der Waals surface area contributed by atoms with E-state index in [2.05, 4.69) is 60.9 Å². The van der Waals surface area contributed by atoms with Crippen LogP contribution in [0.2, 0.25) is 0 Å². The van der Waals surface area contributed by atoms with Gasteiger partial charge in [-0.2, -0.15) is 0 Å². The third-order valence-electron chi connectivity index (χ3n) is 7.92. The van der Waals surface area contributed by atoms with Gasteiger partial charge in [0.2, 0.25) is 0 Å². The maximum atomic E-state index is 12.4. The lowest BCUT2D eigenvalue weighted by atomic mass is 9.45. The maximum absolute atomic E-state index is 12.4. The van der Waals surface area contributed by atoms with E-state index in [0.29, 0.717) is 17.8 Å². The summed E-state index contributed by atoms with van der Waals surface area (Å²) in [4.78, 5) is 17.3. The molecule has 4 aliphatic rings. The molecular formula is C24H36N2O2. The fourth-order valence-electron chi connectivity index (χ4n) is 5.80. The van der Waals surface area contributed by atoms with Crippen LogP contribution in [0.1, 0.15) is 46.5 Å². The fraction of sp³-hybridized carbons (Fsp3) is 0.708. The summed E-state index contributed by atoms with van der Waals surface area (Å²) in [6, 6.07) is 10.6. The highest BCUT2D eigenvalue weighted by molar-refractivity contribution is 5.69. The van der Waals surface area contributed by atoms with Crippen molar-refractivity contribution in [2.45, 2.75) is 52.6 Å². The smallest absolute Gasteiger partial charge is 0.306 e. The first-order valence-electron chi connectivity index (χ1n) is 11.2. The van der Waals surface area contributed by atoms with Crippen LogP contribution < -0.4 is 4.90 Å². The highest BCUT2D eigenvalue weighted by Crippen LogP contribution is 2.61. The second kappa shape index (κ2) is 8.06. The normalized spacial score (nSPS) is 31.9. The second-order valence-corrected chi connectivity index (χ2v) is 9.75. The van der Waals surface area contributed by atoms with E-state index in [4.69, 9.17) is 4.74 Å². The monoisotopic (exact) mass is 384 g/mol. The number of piperazine rings is 1. The van der Waals surface area contributed by atoms with Crippen LogP contribution in [-0.2, 0) is 9.53 Å². The molecule has 4 heteroatoms. The van der Waals surface area contributed by atoms with E-state index in [1.54, 1.807) is 0 Å². The minimum Gasteiger partial charge on any atom is -0.462 e. The van der Waals surface area contributed by atoms with E-state index in [0.717, 1.165) is 57.4 Å². The van der Waals surface area contributed by atoms with Crippen LogP contribution in [0.25, 0.3) is 0 Å². The zero-order valence-corrected chi connectivity index (χ0v) is 17.8. The molecule has 1 aliphatic heterocycles. The van der Waals surface area contributed by atoms with E-state index >= 15 is 0 Å². The Labute approximate surface area is 170 Å². The first-order chi connectivity index (χ1) is 13.4. The van der Waals surface area contributed by atoms with Gasteiger partial charge in [-0.25, -0.2) is 0 Å².